The van der Waals surface area contributed by atoms with Crippen molar-refractivity contribution in [3.63, 3.8) is 0 Å². The van der Waals surface area contributed by atoms with E-state index < -0.39 is 35.5 Å². The zero-order valence-corrected chi connectivity index (χ0v) is 30.2. The van der Waals surface area contributed by atoms with Gasteiger partial charge in [0.2, 0.25) is 17.7 Å². The zero-order valence-electron chi connectivity index (χ0n) is 30.2. The molecule has 3 rings (SSSR count). The Morgan fingerprint density at radius 3 is 1.98 bits per heavy atom. The van der Waals surface area contributed by atoms with Crippen LogP contribution in [0.4, 0.5) is 0 Å². The molecule has 0 bridgehead atoms. The highest BCUT2D eigenvalue weighted by atomic mass is 16.2. The molecular weight excluding hydrogens is 632 g/mol. The van der Waals surface area contributed by atoms with Crippen molar-refractivity contribution in [2.75, 3.05) is 19.6 Å². The molecule has 1 fully saturated rings. The van der Waals surface area contributed by atoms with E-state index in [1.165, 1.54) is 6.92 Å². The van der Waals surface area contributed by atoms with Crippen LogP contribution in [-0.4, -0.2) is 77.5 Å². The van der Waals surface area contributed by atoms with Crippen LogP contribution in [0.1, 0.15) is 89.7 Å². The lowest BCUT2D eigenvalue weighted by atomic mass is 9.85. The van der Waals surface area contributed by atoms with Crippen LogP contribution in [0.15, 0.2) is 60.7 Å². The molecule has 0 aliphatic carbocycles. The molecule has 0 spiro atoms. The molecule has 274 valence electrons. The number of unbranched alkanes of at least 4 members (excludes halogenated alkanes) is 1. The number of carbonyl (C=O) groups is 5. The number of hydrogen-bond acceptors (Lipinski definition) is 8. The zero-order chi connectivity index (χ0) is 36.8. The van der Waals surface area contributed by atoms with Crippen molar-refractivity contribution >= 4 is 29.3 Å². The fourth-order valence-corrected chi connectivity index (χ4v) is 6.53. The number of Topliss-reactive ketones (excluding diaryl/α,β-unsaturated/α-hetero) is 2. The molecule has 1 aliphatic rings. The summed E-state index contributed by atoms with van der Waals surface area (Å²) in [6.07, 6.45) is 2.96. The van der Waals surface area contributed by atoms with Crippen LogP contribution in [0, 0.1) is 11.8 Å². The standard InChI is InChI=1S/C39H58N6O5/c1-26(2)23-31(36(48)43-32(17-11-12-20-40)38(50)45-21-18-39(42,19-22-45)28(4)46)25-34(47)33(24-29-13-7-5-8-14-29)44-37(49)35(41)27(3)30-15-9-6-10-16-30/h5-10,13-16,26-27,31-33,35H,11-12,17-25,40-42H2,1-4H3,(H,43,48)(H,44,49)/t27-,31+,32-,33-,35-/m1/s1. The number of amides is 3. The molecule has 1 aliphatic heterocycles. The number of benzene rings is 2. The summed E-state index contributed by atoms with van der Waals surface area (Å²) in [4.78, 5) is 69.0. The van der Waals surface area contributed by atoms with E-state index in [9.17, 15) is 24.0 Å². The second-order valence-electron chi connectivity index (χ2n) is 14.4. The number of hydrogen-bond donors (Lipinski definition) is 5. The summed E-state index contributed by atoms with van der Waals surface area (Å²) < 4.78 is 0. The number of likely N-dealkylation sites (tertiary alicyclic amines) is 1. The van der Waals surface area contributed by atoms with Crippen molar-refractivity contribution in [1.29, 1.82) is 0 Å². The Morgan fingerprint density at radius 2 is 1.42 bits per heavy atom. The Kier molecular flexibility index (Phi) is 15.8. The van der Waals surface area contributed by atoms with Gasteiger partial charge in [-0.15, -0.1) is 0 Å². The summed E-state index contributed by atoms with van der Waals surface area (Å²) in [5.41, 5.74) is 19.2. The first kappa shape index (κ1) is 40.5. The molecular formula is C39H58N6O5. The van der Waals surface area contributed by atoms with Crippen LogP contribution in [0.25, 0.3) is 0 Å². The maximum absolute atomic E-state index is 14.1. The van der Waals surface area contributed by atoms with E-state index in [-0.39, 0.29) is 48.1 Å². The van der Waals surface area contributed by atoms with Crippen LogP contribution in [0.2, 0.25) is 0 Å². The first-order valence-electron chi connectivity index (χ1n) is 18.0. The van der Waals surface area contributed by atoms with Gasteiger partial charge in [0, 0.05) is 31.3 Å². The van der Waals surface area contributed by atoms with Crippen molar-refractivity contribution in [3.05, 3.63) is 71.8 Å². The van der Waals surface area contributed by atoms with Gasteiger partial charge in [0.1, 0.15) is 11.8 Å². The summed E-state index contributed by atoms with van der Waals surface area (Å²) in [5.74, 6) is -2.38. The number of piperidine rings is 1. The van der Waals surface area contributed by atoms with Crippen LogP contribution < -0.4 is 27.8 Å². The first-order valence-corrected chi connectivity index (χ1v) is 18.0. The predicted octanol–water partition coefficient (Wildman–Crippen LogP) is 2.99. The minimum atomic E-state index is -0.951. The normalized spacial score (nSPS) is 17.2. The molecule has 0 aromatic heterocycles. The molecule has 1 heterocycles. The first-order chi connectivity index (χ1) is 23.7. The molecule has 0 saturated carbocycles. The van der Waals surface area contributed by atoms with Gasteiger partial charge in [-0.3, -0.25) is 24.0 Å². The molecule has 3 amide bonds. The highest BCUT2D eigenvalue weighted by Gasteiger charge is 2.39. The van der Waals surface area contributed by atoms with Gasteiger partial charge in [0.15, 0.2) is 5.78 Å². The lowest BCUT2D eigenvalue weighted by molar-refractivity contribution is -0.140. The van der Waals surface area contributed by atoms with Crippen LogP contribution in [0.3, 0.4) is 0 Å². The Bertz CT molecular complexity index is 1410. The van der Waals surface area contributed by atoms with Gasteiger partial charge in [-0.05, 0) is 75.5 Å². The van der Waals surface area contributed by atoms with Crippen molar-refractivity contribution in [3.8, 4) is 0 Å². The number of nitrogens with two attached hydrogens (primary N) is 3. The van der Waals surface area contributed by atoms with Crippen LogP contribution in [-0.2, 0) is 30.4 Å². The van der Waals surface area contributed by atoms with E-state index in [1.807, 2.05) is 81.4 Å². The Labute approximate surface area is 297 Å². The Balaban J connectivity index is 1.79. The summed E-state index contributed by atoms with van der Waals surface area (Å²) in [7, 11) is 0. The van der Waals surface area contributed by atoms with Gasteiger partial charge >= 0.3 is 0 Å². The minimum absolute atomic E-state index is 0.0820. The topological polar surface area (TPSA) is 191 Å². The second kappa shape index (κ2) is 19.5. The highest BCUT2D eigenvalue weighted by molar-refractivity contribution is 5.95. The largest absolute Gasteiger partial charge is 0.345 e. The monoisotopic (exact) mass is 690 g/mol. The Morgan fingerprint density at radius 1 is 0.840 bits per heavy atom. The summed E-state index contributed by atoms with van der Waals surface area (Å²) in [6, 6.07) is 16.3. The fraction of sp³-hybridized carbons (Fsp3) is 0.564. The van der Waals surface area contributed by atoms with Crippen molar-refractivity contribution in [2.24, 2.45) is 29.0 Å². The quantitative estimate of drug-likeness (QED) is 0.139. The van der Waals surface area contributed by atoms with Crippen molar-refractivity contribution in [2.45, 2.75) is 109 Å². The number of nitrogens with one attached hydrogen (secondary N) is 2. The van der Waals surface area contributed by atoms with Crippen LogP contribution >= 0.6 is 0 Å². The number of ketones is 2. The SMILES string of the molecule is CC(=O)C1(N)CCN(C(=O)[C@@H](CCCCN)NC(=O)[C@H](CC(=O)[C@@H](Cc2ccccc2)NC(=O)[C@H](N)[C@H](C)c2ccccc2)CC(C)C)CC1. The van der Waals surface area contributed by atoms with Crippen molar-refractivity contribution < 1.29 is 24.0 Å². The molecule has 8 N–H and O–H groups in total. The lowest BCUT2D eigenvalue weighted by Crippen LogP contribution is -2.58. The summed E-state index contributed by atoms with van der Waals surface area (Å²) >= 11 is 0. The molecule has 0 unspecified atom stereocenters. The van der Waals surface area contributed by atoms with Crippen molar-refractivity contribution in [1.82, 2.24) is 15.5 Å². The second-order valence-corrected chi connectivity index (χ2v) is 14.4. The average Bonchev–Trinajstić information content (AvgIpc) is 3.10. The van der Waals surface area contributed by atoms with Gasteiger partial charge in [-0.25, -0.2) is 0 Å². The average molecular weight is 691 g/mol. The third-order valence-corrected chi connectivity index (χ3v) is 9.96. The molecule has 50 heavy (non-hydrogen) atoms. The molecule has 5 atom stereocenters. The summed E-state index contributed by atoms with van der Waals surface area (Å²) in [6.45, 7) is 8.39. The maximum Gasteiger partial charge on any atom is 0.245 e. The van der Waals surface area contributed by atoms with Gasteiger partial charge < -0.3 is 32.7 Å². The lowest BCUT2D eigenvalue weighted by Gasteiger charge is -2.39. The number of rotatable bonds is 19. The van der Waals surface area contributed by atoms with Crippen LogP contribution in [0.5, 0.6) is 0 Å². The van der Waals surface area contributed by atoms with E-state index in [1.54, 1.807) is 4.90 Å². The molecule has 0 radical (unpaired) electrons. The third kappa shape index (κ3) is 11.8. The molecule has 2 aromatic rings. The molecule has 2 aromatic carbocycles. The van der Waals surface area contributed by atoms with E-state index in [0.717, 1.165) is 11.1 Å². The van der Waals surface area contributed by atoms with Gasteiger partial charge in [0.05, 0.1) is 17.6 Å². The van der Waals surface area contributed by atoms with Gasteiger partial charge in [-0.1, -0.05) is 81.4 Å². The van der Waals surface area contributed by atoms with E-state index >= 15 is 0 Å². The number of carbonyl (C=O) groups excluding carboxylic acids is 5. The van der Waals surface area contributed by atoms with Gasteiger partial charge in [-0.2, -0.15) is 0 Å². The fourth-order valence-electron chi connectivity index (χ4n) is 6.53. The third-order valence-electron chi connectivity index (χ3n) is 9.96. The summed E-state index contributed by atoms with van der Waals surface area (Å²) in [5, 5.41) is 5.89. The number of nitrogens with zero attached hydrogens (tertiary/aromatic N) is 1. The van der Waals surface area contributed by atoms with E-state index in [4.69, 9.17) is 17.2 Å². The molecule has 11 nitrogen and oxygen atoms in total. The highest BCUT2D eigenvalue weighted by Crippen LogP contribution is 2.24. The smallest absolute Gasteiger partial charge is 0.245 e. The van der Waals surface area contributed by atoms with Gasteiger partial charge in [0.25, 0.3) is 0 Å². The maximum atomic E-state index is 14.1. The Hall–Kier alpha value is -3.93. The predicted molar refractivity (Wildman–Crippen MR) is 196 cm³/mol. The minimum Gasteiger partial charge on any atom is -0.345 e. The van der Waals surface area contributed by atoms with E-state index in [0.29, 0.717) is 58.2 Å². The molecule has 1 saturated heterocycles. The van der Waals surface area contributed by atoms with E-state index in [2.05, 4.69) is 10.6 Å². The molecule has 11 heteroatoms.